The van der Waals surface area contributed by atoms with Gasteiger partial charge in [-0.05, 0) is 59.7 Å². The molecule has 2 aromatic rings. The highest BCUT2D eigenvalue weighted by molar-refractivity contribution is 5.70. The van der Waals surface area contributed by atoms with Gasteiger partial charge in [0, 0.05) is 12.4 Å². The molecule has 0 atom stereocenters. The maximum Gasteiger partial charge on any atom is 0.0273 e. The monoisotopic (exact) mass is 195 g/mol. The van der Waals surface area contributed by atoms with E-state index in [0.29, 0.717) is 0 Å². The van der Waals surface area contributed by atoms with Crippen molar-refractivity contribution in [1.82, 2.24) is 4.98 Å². The molecule has 0 radical (unpaired) electrons. The van der Waals surface area contributed by atoms with Crippen LogP contribution >= 0.6 is 0 Å². The van der Waals surface area contributed by atoms with Gasteiger partial charge in [-0.15, -0.1) is 0 Å². The van der Waals surface area contributed by atoms with Crippen molar-refractivity contribution in [1.29, 1.82) is 0 Å². The SMILES string of the molecule is Cc1c(-c2ccncc2)ccc2c1CC2. The minimum Gasteiger partial charge on any atom is -0.265 e. The molecular weight excluding hydrogens is 182 g/mol. The van der Waals surface area contributed by atoms with Crippen LogP contribution < -0.4 is 0 Å². The first-order chi connectivity index (χ1) is 7.36. The minimum atomic E-state index is 1.25. The van der Waals surface area contributed by atoms with Crippen molar-refractivity contribution in [3.8, 4) is 11.1 Å². The lowest BCUT2D eigenvalue weighted by Gasteiger charge is -2.23. The molecule has 0 spiro atoms. The molecule has 1 heteroatoms. The minimum absolute atomic E-state index is 1.25. The lowest BCUT2D eigenvalue weighted by Crippen LogP contribution is -2.10. The summed E-state index contributed by atoms with van der Waals surface area (Å²) >= 11 is 0. The molecular formula is C14H13N. The maximum atomic E-state index is 4.05. The van der Waals surface area contributed by atoms with Crippen LogP contribution in [0.15, 0.2) is 36.7 Å². The molecule has 0 aliphatic heterocycles. The molecule has 1 aromatic heterocycles. The lowest BCUT2D eigenvalue weighted by molar-refractivity contribution is 0.828. The molecule has 1 aliphatic rings. The van der Waals surface area contributed by atoms with Gasteiger partial charge in [-0.25, -0.2) is 0 Å². The first-order valence-electron chi connectivity index (χ1n) is 5.38. The van der Waals surface area contributed by atoms with Crippen molar-refractivity contribution >= 4 is 0 Å². The van der Waals surface area contributed by atoms with Gasteiger partial charge in [0.25, 0.3) is 0 Å². The van der Waals surface area contributed by atoms with Gasteiger partial charge in [0.1, 0.15) is 0 Å². The fourth-order valence-corrected chi connectivity index (χ4v) is 2.32. The van der Waals surface area contributed by atoms with Crippen LogP contribution in [0.1, 0.15) is 16.7 Å². The van der Waals surface area contributed by atoms with E-state index in [-0.39, 0.29) is 0 Å². The van der Waals surface area contributed by atoms with Crippen molar-refractivity contribution in [2.75, 3.05) is 0 Å². The van der Waals surface area contributed by atoms with E-state index in [1.807, 2.05) is 12.4 Å². The lowest BCUT2D eigenvalue weighted by atomic mass is 9.82. The second kappa shape index (κ2) is 3.20. The Labute approximate surface area is 89.8 Å². The zero-order chi connectivity index (χ0) is 10.3. The molecule has 0 bridgehead atoms. The van der Waals surface area contributed by atoms with Gasteiger partial charge in [0.15, 0.2) is 0 Å². The average Bonchev–Trinajstić information content (AvgIpc) is 2.22. The number of aromatic nitrogens is 1. The van der Waals surface area contributed by atoms with Crippen LogP contribution in [0.2, 0.25) is 0 Å². The average molecular weight is 195 g/mol. The van der Waals surface area contributed by atoms with Crippen LogP contribution in [0.3, 0.4) is 0 Å². The van der Waals surface area contributed by atoms with E-state index in [2.05, 4.69) is 36.2 Å². The molecule has 1 nitrogen and oxygen atoms in total. The summed E-state index contributed by atoms with van der Waals surface area (Å²) in [5.74, 6) is 0. The summed E-state index contributed by atoms with van der Waals surface area (Å²) in [5, 5.41) is 0. The van der Waals surface area contributed by atoms with Crippen LogP contribution in [-0.2, 0) is 12.8 Å². The third kappa shape index (κ3) is 1.27. The molecule has 74 valence electrons. The van der Waals surface area contributed by atoms with Crippen molar-refractivity contribution < 1.29 is 0 Å². The summed E-state index contributed by atoms with van der Waals surface area (Å²) in [5.41, 5.74) is 7.17. The second-order valence-electron chi connectivity index (χ2n) is 4.11. The molecule has 0 fully saturated rings. The Kier molecular flexibility index (Phi) is 1.84. The van der Waals surface area contributed by atoms with Crippen LogP contribution in [0.4, 0.5) is 0 Å². The van der Waals surface area contributed by atoms with Crippen LogP contribution in [0.5, 0.6) is 0 Å². The number of nitrogens with zero attached hydrogens (tertiary/aromatic N) is 1. The molecule has 1 aromatic carbocycles. The highest BCUT2D eigenvalue weighted by Gasteiger charge is 2.17. The number of rotatable bonds is 1. The van der Waals surface area contributed by atoms with E-state index in [9.17, 15) is 0 Å². The zero-order valence-electron chi connectivity index (χ0n) is 8.83. The molecule has 0 saturated heterocycles. The predicted molar refractivity (Wildman–Crippen MR) is 61.8 cm³/mol. The standard InChI is InChI=1S/C14H13N/c1-10-13-4-2-11(13)3-5-14(10)12-6-8-15-9-7-12/h3,5-9H,2,4H2,1H3. The molecule has 1 heterocycles. The summed E-state index contributed by atoms with van der Waals surface area (Å²) < 4.78 is 0. The predicted octanol–water partition coefficient (Wildman–Crippen LogP) is 3.16. The normalized spacial score (nSPS) is 13.1. The Morgan fingerprint density at radius 2 is 1.80 bits per heavy atom. The van der Waals surface area contributed by atoms with E-state index in [1.165, 1.54) is 35.1 Å². The number of aryl methyl sites for hydroxylation is 1. The Morgan fingerprint density at radius 1 is 1.00 bits per heavy atom. The maximum absolute atomic E-state index is 4.05. The van der Waals surface area contributed by atoms with E-state index < -0.39 is 0 Å². The van der Waals surface area contributed by atoms with Crippen molar-refractivity contribution in [3.05, 3.63) is 53.3 Å². The molecule has 0 saturated carbocycles. The summed E-state index contributed by atoms with van der Waals surface area (Å²) in [6.45, 7) is 2.23. The summed E-state index contributed by atoms with van der Waals surface area (Å²) in [4.78, 5) is 4.05. The Hall–Kier alpha value is -1.63. The Balaban J connectivity index is 2.18. The molecule has 1 aliphatic carbocycles. The van der Waals surface area contributed by atoms with Crippen LogP contribution in [0.25, 0.3) is 11.1 Å². The highest BCUT2D eigenvalue weighted by atomic mass is 14.6. The fraction of sp³-hybridized carbons (Fsp3) is 0.214. The third-order valence-corrected chi connectivity index (χ3v) is 3.33. The van der Waals surface area contributed by atoms with E-state index in [0.717, 1.165) is 0 Å². The Morgan fingerprint density at radius 3 is 2.47 bits per heavy atom. The van der Waals surface area contributed by atoms with E-state index >= 15 is 0 Å². The number of pyridine rings is 1. The van der Waals surface area contributed by atoms with E-state index in [4.69, 9.17) is 0 Å². The van der Waals surface area contributed by atoms with E-state index in [1.54, 1.807) is 5.56 Å². The highest BCUT2D eigenvalue weighted by Crippen LogP contribution is 2.33. The van der Waals surface area contributed by atoms with Crippen molar-refractivity contribution in [2.45, 2.75) is 19.8 Å². The first-order valence-corrected chi connectivity index (χ1v) is 5.38. The largest absolute Gasteiger partial charge is 0.265 e. The number of hydrogen-bond donors (Lipinski definition) is 0. The van der Waals surface area contributed by atoms with Gasteiger partial charge in [-0.1, -0.05) is 12.1 Å². The topological polar surface area (TPSA) is 12.9 Å². The van der Waals surface area contributed by atoms with Gasteiger partial charge in [-0.2, -0.15) is 0 Å². The summed E-state index contributed by atoms with van der Waals surface area (Å²) in [6, 6.07) is 8.66. The van der Waals surface area contributed by atoms with Crippen LogP contribution in [-0.4, -0.2) is 4.98 Å². The molecule has 0 amide bonds. The van der Waals surface area contributed by atoms with Gasteiger partial charge < -0.3 is 0 Å². The van der Waals surface area contributed by atoms with Crippen molar-refractivity contribution in [2.24, 2.45) is 0 Å². The molecule has 0 unspecified atom stereocenters. The zero-order valence-corrected chi connectivity index (χ0v) is 8.83. The molecule has 3 rings (SSSR count). The third-order valence-electron chi connectivity index (χ3n) is 3.33. The van der Waals surface area contributed by atoms with Gasteiger partial charge in [0.2, 0.25) is 0 Å². The Bertz CT molecular complexity index is 500. The summed E-state index contributed by atoms with van der Waals surface area (Å²) in [6.07, 6.45) is 6.22. The van der Waals surface area contributed by atoms with Gasteiger partial charge in [-0.3, -0.25) is 4.98 Å². The van der Waals surface area contributed by atoms with Crippen molar-refractivity contribution in [3.63, 3.8) is 0 Å². The van der Waals surface area contributed by atoms with Crippen LogP contribution in [0, 0.1) is 6.92 Å². The summed E-state index contributed by atoms with van der Waals surface area (Å²) in [7, 11) is 0. The smallest absolute Gasteiger partial charge is 0.0273 e. The van der Waals surface area contributed by atoms with Gasteiger partial charge >= 0.3 is 0 Å². The molecule has 0 N–H and O–H groups in total. The second-order valence-corrected chi connectivity index (χ2v) is 4.11. The number of benzene rings is 1. The fourth-order valence-electron chi connectivity index (χ4n) is 2.32. The number of fused-ring (bicyclic) bond motifs is 1. The first kappa shape index (κ1) is 8.66. The number of hydrogen-bond acceptors (Lipinski definition) is 1. The van der Waals surface area contributed by atoms with Gasteiger partial charge in [0.05, 0.1) is 0 Å². The molecule has 15 heavy (non-hydrogen) atoms. The quantitative estimate of drug-likeness (QED) is 0.681.